The number of carbonyl (C=O) groups is 2. The highest BCUT2D eigenvalue weighted by molar-refractivity contribution is 5.95. The van der Waals surface area contributed by atoms with Gasteiger partial charge >= 0.3 is 0 Å². The van der Waals surface area contributed by atoms with Gasteiger partial charge in [-0.15, -0.1) is 0 Å². The van der Waals surface area contributed by atoms with Gasteiger partial charge in [0.05, 0.1) is 6.26 Å². The maximum absolute atomic E-state index is 12.2. The first-order valence-electron chi connectivity index (χ1n) is 6.52. The van der Waals surface area contributed by atoms with Crippen molar-refractivity contribution in [1.29, 1.82) is 0 Å². The molecule has 1 atom stereocenters. The molecule has 1 saturated heterocycles. The van der Waals surface area contributed by atoms with Gasteiger partial charge in [-0.1, -0.05) is 0 Å². The van der Waals surface area contributed by atoms with Gasteiger partial charge in [-0.05, 0) is 32.0 Å². The average molecular weight is 265 g/mol. The van der Waals surface area contributed by atoms with Crippen molar-refractivity contribution in [2.24, 2.45) is 0 Å². The summed E-state index contributed by atoms with van der Waals surface area (Å²) in [7, 11) is 0. The number of hydrogen-bond acceptors (Lipinski definition) is 4. The van der Waals surface area contributed by atoms with Crippen LogP contribution >= 0.6 is 0 Å². The van der Waals surface area contributed by atoms with Crippen LogP contribution in [0.5, 0.6) is 0 Å². The monoisotopic (exact) mass is 265 g/mol. The number of rotatable bonds is 3. The number of hydrogen-bond donors (Lipinski definition) is 2. The van der Waals surface area contributed by atoms with Crippen LogP contribution in [0, 0.1) is 0 Å². The van der Waals surface area contributed by atoms with Crippen molar-refractivity contribution in [3.8, 4) is 0 Å². The van der Waals surface area contributed by atoms with E-state index in [4.69, 9.17) is 4.42 Å². The van der Waals surface area contributed by atoms with Crippen LogP contribution in [0.4, 0.5) is 0 Å². The molecule has 1 unspecified atom stereocenters. The molecule has 0 saturated carbocycles. The Morgan fingerprint density at radius 1 is 1.42 bits per heavy atom. The van der Waals surface area contributed by atoms with Gasteiger partial charge in [-0.25, -0.2) is 0 Å². The van der Waals surface area contributed by atoms with Crippen molar-refractivity contribution < 1.29 is 14.0 Å². The molecule has 1 aromatic rings. The minimum absolute atomic E-state index is 0.0522. The molecule has 6 nitrogen and oxygen atoms in total. The van der Waals surface area contributed by atoms with Gasteiger partial charge in [-0.2, -0.15) is 0 Å². The minimum atomic E-state index is -0.546. The van der Waals surface area contributed by atoms with Crippen molar-refractivity contribution in [3.05, 3.63) is 24.2 Å². The fourth-order valence-electron chi connectivity index (χ4n) is 2.08. The van der Waals surface area contributed by atoms with Gasteiger partial charge in [-0.3, -0.25) is 9.59 Å². The normalized spacial score (nSPS) is 17.6. The first-order chi connectivity index (χ1) is 9.18. The molecule has 6 heteroatoms. The van der Waals surface area contributed by atoms with E-state index in [1.807, 2.05) is 0 Å². The van der Waals surface area contributed by atoms with E-state index in [2.05, 4.69) is 10.6 Å². The highest BCUT2D eigenvalue weighted by atomic mass is 16.3. The molecule has 1 aliphatic rings. The van der Waals surface area contributed by atoms with Crippen molar-refractivity contribution in [2.75, 3.05) is 26.2 Å². The minimum Gasteiger partial charge on any atom is -0.459 e. The van der Waals surface area contributed by atoms with Crippen LogP contribution in [0.1, 0.15) is 23.9 Å². The molecule has 2 rings (SSSR count). The number of amides is 2. The molecule has 1 aromatic heterocycles. The molecule has 104 valence electrons. The highest BCUT2D eigenvalue weighted by Gasteiger charge is 2.23. The Kier molecular flexibility index (Phi) is 4.57. The molecular weight excluding hydrogens is 246 g/mol. The molecule has 1 fully saturated rings. The summed E-state index contributed by atoms with van der Waals surface area (Å²) in [6.45, 7) is 4.83. The average Bonchev–Trinajstić information content (AvgIpc) is 2.81. The standard InChI is InChI=1S/C13H19N3O3/c1-10(15-12(17)11-4-2-9-19-11)13(18)16-7-3-5-14-6-8-16/h2,4,9-10,14H,3,5-8H2,1H3,(H,15,17). The van der Waals surface area contributed by atoms with Crippen LogP contribution in [0.3, 0.4) is 0 Å². The summed E-state index contributed by atoms with van der Waals surface area (Å²) < 4.78 is 4.99. The zero-order valence-electron chi connectivity index (χ0n) is 11.0. The lowest BCUT2D eigenvalue weighted by Crippen LogP contribution is -2.47. The molecule has 0 spiro atoms. The Morgan fingerprint density at radius 2 is 2.26 bits per heavy atom. The number of carbonyl (C=O) groups excluding carboxylic acids is 2. The fourth-order valence-corrected chi connectivity index (χ4v) is 2.08. The van der Waals surface area contributed by atoms with Gasteiger partial charge in [0, 0.05) is 19.6 Å². The Hall–Kier alpha value is -1.82. The summed E-state index contributed by atoms with van der Waals surface area (Å²) in [4.78, 5) is 25.8. The summed E-state index contributed by atoms with van der Waals surface area (Å²) >= 11 is 0. The maximum Gasteiger partial charge on any atom is 0.287 e. The molecular formula is C13H19N3O3. The zero-order chi connectivity index (χ0) is 13.7. The van der Waals surface area contributed by atoms with Crippen LogP contribution in [-0.2, 0) is 4.79 Å². The van der Waals surface area contributed by atoms with Crippen molar-refractivity contribution in [3.63, 3.8) is 0 Å². The lowest BCUT2D eigenvalue weighted by atomic mass is 10.2. The van der Waals surface area contributed by atoms with E-state index in [9.17, 15) is 9.59 Å². The Labute approximate surface area is 112 Å². The van der Waals surface area contributed by atoms with Crippen molar-refractivity contribution in [2.45, 2.75) is 19.4 Å². The molecule has 0 radical (unpaired) electrons. The van der Waals surface area contributed by atoms with Gasteiger partial charge in [0.1, 0.15) is 6.04 Å². The van der Waals surface area contributed by atoms with E-state index in [-0.39, 0.29) is 17.6 Å². The van der Waals surface area contributed by atoms with Crippen LogP contribution in [0.2, 0.25) is 0 Å². The summed E-state index contributed by atoms with van der Waals surface area (Å²) in [5.74, 6) is -0.195. The Bertz CT molecular complexity index is 422. The zero-order valence-corrected chi connectivity index (χ0v) is 11.0. The third-order valence-corrected chi connectivity index (χ3v) is 3.11. The lowest BCUT2D eigenvalue weighted by molar-refractivity contribution is -0.132. The van der Waals surface area contributed by atoms with E-state index >= 15 is 0 Å². The summed E-state index contributed by atoms with van der Waals surface area (Å²) in [5.41, 5.74) is 0. The molecule has 19 heavy (non-hydrogen) atoms. The smallest absolute Gasteiger partial charge is 0.287 e. The highest BCUT2D eigenvalue weighted by Crippen LogP contribution is 2.03. The lowest BCUT2D eigenvalue weighted by Gasteiger charge is -2.24. The SMILES string of the molecule is CC(NC(=O)c1ccco1)C(=O)N1CCCNCC1. The van der Waals surface area contributed by atoms with Crippen molar-refractivity contribution >= 4 is 11.8 Å². The molecule has 2 heterocycles. The number of nitrogens with one attached hydrogen (secondary N) is 2. The molecule has 0 aromatic carbocycles. The molecule has 0 aliphatic carbocycles. The van der Waals surface area contributed by atoms with Crippen LogP contribution in [0.15, 0.2) is 22.8 Å². The van der Waals surface area contributed by atoms with Crippen LogP contribution in [0.25, 0.3) is 0 Å². The predicted molar refractivity (Wildman–Crippen MR) is 69.7 cm³/mol. The summed E-state index contributed by atoms with van der Waals surface area (Å²) in [5, 5.41) is 5.89. The second-order valence-corrected chi connectivity index (χ2v) is 4.60. The van der Waals surface area contributed by atoms with E-state index in [1.54, 1.807) is 24.0 Å². The molecule has 1 aliphatic heterocycles. The number of nitrogens with zero attached hydrogens (tertiary/aromatic N) is 1. The second kappa shape index (κ2) is 6.38. The number of furan rings is 1. The Morgan fingerprint density at radius 3 is 3.00 bits per heavy atom. The second-order valence-electron chi connectivity index (χ2n) is 4.60. The van der Waals surface area contributed by atoms with Crippen molar-refractivity contribution in [1.82, 2.24) is 15.5 Å². The van der Waals surface area contributed by atoms with E-state index in [1.165, 1.54) is 6.26 Å². The van der Waals surface area contributed by atoms with Gasteiger partial charge < -0.3 is 20.0 Å². The van der Waals surface area contributed by atoms with E-state index in [0.29, 0.717) is 6.54 Å². The fraction of sp³-hybridized carbons (Fsp3) is 0.538. The topological polar surface area (TPSA) is 74.6 Å². The summed E-state index contributed by atoms with van der Waals surface area (Å²) in [6, 6.07) is 2.67. The quantitative estimate of drug-likeness (QED) is 0.820. The van der Waals surface area contributed by atoms with Gasteiger partial charge in [0.2, 0.25) is 5.91 Å². The molecule has 0 bridgehead atoms. The third-order valence-electron chi connectivity index (χ3n) is 3.11. The first-order valence-corrected chi connectivity index (χ1v) is 6.52. The summed E-state index contributed by atoms with van der Waals surface area (Å²) in [6.07, 6.45) is 2.37. The largest absolute Gasteiger partial charge is 0.459 e. The van der Waals surface area contributed by atoms with Gasteiger partial charge in [0.25, 0.3) is 5.91 Å². The Balaban J connectivity index is 1.89. The molecule has 2 amide bonds. The van der Waals surface area contributed by atoms with E-state index in [0.717, 1.165) is 26.1 Å². The van der Waals surface area contributed by atoms with Gasteiger partial charge in [0.15, 0.2) is 5.76 Å². The van der Waals surface area contributed by atoms with E-state index < -0.39 is 6.04 Å². The van der Waals surface area contributed by atoms with Crippen LogP contribution < -0.4 is 10.6 Å². The van der Waals surface area contributed by atoms with Crippen LogP contribution in [-0.4, -0.2) is 48.9 Å². The third kappa shape index (κ3) is 3.57. The first kappa shape index (κ1) is 13.6. The predicted octanol–water partition coefficient (Wildman–Crippen LogP) is 0.220. The molecule has 2 N–H and O–H groups in total. The maximum atomic E-state index is 12.2.